The first-order valence-electron chi connectivity index (χ1n) is 6.98. The number of hydrogen-bond donors (Lipinski definition) is 1. The number of anilines is 2. The van der Waals surface area contributed by atoms with Gasteiger partial charge < -0.3 is 4.90 Å². The van der Waals surface area contributed by atoms with E-state index in [1.54, 1.807) is 0 Å². The number of imide groups is 1. The van der Waals surface area contributed by atoms with Gasteiger partial charge in [0, 0.05) is 36.0 Å². The molecule has 26 heavy (non-hydrogen) atoms. The van der Waals surface area contributed by atoms with Gasteiger partial charge in [0.25, 0.3) is 5.91 Å². The average Bonchev–Trinajstić information content (AvgIpc) is 3.01. The largest absolute Gasteiger partial charge is 0.332 e. The van der Waals surface area contributed by atoms with Gasteiger partial charge in [0.2, 0.25) is 10.0 Å². The van der Waals surface area contributed by atoms with Gasteiger partial charge in [-0.1, -0.05) is 11.6 Å². The molecule has 1 radical (unpaired) electrons. The van der Waals surface area contributed by atoms with Gasteiger partial charge in [-0.2, -0.15) is 0 Å². The quantitative estimate of drug-likeness (QED) is 0.443. The molecule has 13 heteroatoms. The minimum Gasteiger partial charge on any atom is -0.309 e. The summed E-state index contributed by atoms with van der Waals surface area (Å²) < 4.78 is 52.8. The predicted molar refractivity (Wildman–Crippen MR) is 93.3 cm³/mol. The van der Waals surface area contributed by atoms with E-state index in [1.165, 1.54) is 0 Å². The van der Waals surface area contributed by atoms with Crippen LogP contribution in [0.2, 0.25) is 5.02 Å². The standard InChI is InChI=1S/C13H11Cl2F2N3O4S.Na/c14-5-25(23,24)18-9-3-10(8(17)2-7(9)15)20-12(21)11-1-6(16)4-19(11)13(20)22;/h2-3,6,11,18H,1,4-5H2;/t6-,11-;/m0./s1. The van der Waals surface area contributed by atoms with Crippen LogP contribution >= 0.6 is 23.2 Å². The van der Waals surface area contributed by atoms with Crippen LogP contribution in [0.4, 0.5) is 25.0 Å². The minimum atomic E-state index is -3.94. The second-order valence-corrected chi connectivity index (χ2v) is 8.28. The Morgan fingerprint density at radius 3 is 2.54 bits per heavy atom. The molecule has 0 spiro atoms. The van der Waals surface area contributed by atoms with Gasteiger partial charge in [0.1, 0.15) is 23.2 Å². The summed E-state index contributed by atoms with van der Waals surface area (Å²) in [6.45, 7) is -0.257. The number of nitrogens with zero attached hydrogens (tertiary/aromatic N) is 2. The van der Waals surface area contributed by atoms with Crippen LogP contribution in [-0.4, -0.2) is 78.8 Å². The van der Waals surface area contributed by atoms with Crippen LogP contribution in [0.25, 0.3) is 0 Å². The molecule has 1 N–H and O–H groups in total. The molecular weight excluding hydrogens is 426 g/mol. The van der Waals surface area contributed by atoms with E-state index in [4.69, 9.17) is 23.2 Å². The number of hydrogen-bond acceptors (Lipinski definition) is 4. The third-order valence-electron chi connectivity index (χ3n) is 3.88. The zero-order valence-electron chi connectivity index (χ0n) is 13.4. The third kappa shape index (κ3) is 3.81. The molecular formula is C13H11Cl2F2N3NaO4S. The van der Waals surface area contributed by atoms with Crippen molar-refractivity contribution < 1.29 is 26.8 Å². The van der Waals surface area contributed by atoms with E-state index in [9.17, 15) is 26.8 Å². The Hall–Kier alpha value is -0.650. The van der Waals surface area contributed by atoms with Crippen molar-refractivity contribution in [2.24, 2.45) is 0 Å². The van der Waals surface area contributed by atoms with Crippen LogP contribution in [0.1, 0.15) is 6.42 Å². The van der Waals surface area contributed by atoms with E-state index in [1.807, 2.05) is 4.72 Å². The van der Waals surface area contributed by atoms with Gasteiger partial charge in [-0.15, -0.1) is 11.6 Å². The van der Waals surface area contributed by atoms with Crippen molar-refractivity contribution in [3.63, 3.8) is 0 Å². The molecule has 2 fully saturated rings. The molecule has 0 bridgehead atoms. The van der Waals surface area contributed by atoms with Crippen molar-refractivity contribution >= 4 is 86.1 Å². The maximum atomic E-state index is 14.3. The summed E-state index contributed by atoms with van der Waals surface area (Å²) in [6, 6.07) is -0.180. The Balaban J connectivity index is 0.00000243. The monoisotopic (exact) mass is 436 g/mol. The van der Waals surface area contributed by atoms with Crippen molar-refractivity contribution in [1.82, 2.24) is 4.90 Å². The van der Waals surface area contributed by atoms with Crippen LogP contribution < -0.4 is 9.62 Å². The average molecular weight is 437 g/mol. The Bertz CT molecular complexity index is 849. The number of benzene rings is 1. The summed E-state index contributed by atoms with van der Waals surface area (Å²) in [5, 5.41) is -1.05. The fourth-order valence-electron chi connectivity index (χ4n) is 2.81. The predicted octanol–water partition coefficient (Wildman–Crippen LogP) is 1.92. The number of rotatable bonds is 4. The Labute approximate surface area is 179 Å². The molecule has 3 rings (SSSR count). The van der Waals surface area contributed by atoms with E-state index >= 15 is 0 Å². The molecule has 7 nitrogen and oxygen atoms in total. The number of urea groups is 1. The maximum absolute atomic E-state index is 14.3. The van der Waals surface area contributed by atoms with Gasteiger partial charge in [-0.3, -0.25) is 9.52 Å². The summed E-state index contributed by atoms with van der Waals surface area (Å²) in [5.74, 6) is -1.78. The fraction of sp³-hybridized carbons (Fsp3) is 0.385. The number of amides is 3. The molecule has 1 aromatic rings. The number of carbonyl (C=O) groups excluding carboxylic acids is 2. The van der Waals surface area contributed by atoms with Crippen LogP contribution in [0.5, 0.6) is 0 Å². The molecule has 2 atom stereocenters. The van der Waals surface area contributed by atoms with Gasteiger partial charge >= 0.3 is 6.03 Å². The molecule has 2 saturated heterocycles. The van der Waals surface area contributed by atoms with E-state index in [0.29, 0.717) is 4.90 Å². The first kappa shape index (κ1) is 21.6. The summed E-state index contributed by atoms with van der Waals surface area (Å²) in [7, 11) is -3.94. The van der Waals surface area contributed by atoms with Crippen molar-refractivity contribution in [2.75, 3.05) is 21.4 Å². The first-order chi connectivity index (χ1) is 11.6. The van der Waals surface area contributed by atoms with Crippen LogP contribution in [0.3, 0.4) is 0 Å². The Morgan fingerprint density at radius 1 is 1.31 bits per heavy atom. The number of nitrogens with one attached hydrogen (secondary N) is 1. The SMILES string of the molecule is O=C1[C@@H]2C[C@H](F)CN2C(=O)N1c1cc(NS(=O)(=O)CCl)c(Cl)cc1F.[Na]. The van der Waals surface area contributed by atoms with E-state index in [2.05, 4.69) is 0 Å². The molecule has 0 unspecified atom stereocenters. The molecule has 0 aromatic heterocycles. The van der Waals surface area contributed by atoms with Crippen molar-refractivity contribution in [3.8, 4) is 0 Å². The Kier molecular flexibility index (Phi) is 6.46. The fourth-order valence-corrected chi connectivity index (χ4v) is 3.78. The van der Waals surface area contributed by atoms with Gasteiger partial charge in [-0.25, -0.2) is 26.9 Å². The third-order valence-corrected chi connectivity index (χ3v) is 5.87. The normalized spacial score (nSPS) is 22.5. The van der Waals surface area contributed by atoms with Crippen LogP contribution in [-0.2, 0) is 14.8 Å². The number of halogens is 4. The minimum absolute atomic E-state index is 0. The first-order valence-corrected chi connectivity index (χ1v) is 9.55. The van der Waals surface area contributed by atoms with Crippen LogP contribution in [0.15, 0.2) is 12.1 Å². The Morgan fingerprint density at radius 2 is 1.96 bits per heavy atom. The number of carbonyl (C=O) groups is 2. The molecule has 2 aliphatic rings. The molecule has 2 heterocycles. The maximum Gasteiger partial charge on any atom is 0.332 e. The molecule has 137 valence electrons. The van der Waals surface area contributed by atoms with Crippen molar-refractivity contribution in [2.45, 2.75) is 18.6 Å². The summed E-state index contributed by atoms with van der Waals surface area (Å²) in [4.78, 5) is 26.3. The topological polar surface area (TPSA) is 86.8 Å². The van der Waals surface area contributed by atoms with E-state index < -0.39 is 50.9 Å². The van der Waals surface area contributed by atoms with Gasteiger partial charge in [-0.05, 0) is 12.1 Å². The molecule has 2 aliphatic heterocycles. The van der Waals surface area contributed by atoms with E-state index in [-0.39, 0.29) is 53.2 Å². The smallest absolute Gasteiger partial charge is 0.309 e. The summed E-state index contributed by atoms with van der Waals surface area (Å²) in [6.07, 6.45) is -1.48. The summed E-state index contributed by atoms with van der Waals surface area (Å²) >= 11 is 11.1. The molecule has 0 saturated carbocycles. The van der Waals surface area contributed by atoms with Crippen LogP contribution in [0, 0.1) is 5.82 Å². The van der Waals surface area contributed by atoms with Crippen molar-refractivity contribution in [1.29, 1.82) is 0 Å². The molecule has 0 aliphatic carbocycles. The number of sulfonamides is 1. The number of alkyl halides is 2. The van der Waals surface area contributed by atoms with Gasteiger partial charge in [0.05, 0.1) is 22.9 Å². The summed E-state index contributed by atoms with van der Waals surface area (Å²) in [5.41, 5.74) is -0.716. The molecule has 1 aromatic carbocycles. The second kappa shape index (κ2) is 7.76. The van der Waals surface area contributed by atoms with Gasteiger partial charge in [0.15, 0.2) is 0 Å². The second-order valence-electron chi connectivity index (χ2n) is 5.57. The van der Waals surface area contributed by atoms with E-state index in [0.717, 1.165) is 17.0 Å². The molecule has 3 amide bonds. The zero-order chi connectivity index (χ0) is 18.5. The number of fused-ring (bicyclic) bond motifs is 1. The van der Waals surface area contributed by atoms with Crippen molar-refractivity contribution in [3.05, 3.63) is 23.0 Å². The zero-order valence-corrected chi connectivity index (χ0v) is 17.7.